The van der Waals surface area contributed by atoms with Gasteiger partial charge in [-0.2, -0.15) is 0 Å². The lowest BCUT2D eigenvalue weighted by Gasteiger charge is -2.17. The molecule has 0 aliphatic carbocycles. The number of esters is 1. The first-order chi connectivity index (χ1) is 9.47. The van der Waals surface area contributed by atoms with Gasteiger partial charge < -0.3 is 19.3 Å². The predicted octanol–water partition coefficient (Wildman–Crippen LogP) is 1.14. The molecular weight excluding hydrogens is 264 g/mol. The molecule has 0 aromatic carbocycles. The van der Waals surface area contributed by atoms with E-state index < -0.39 is 17.9 Å². The van der Waals surface area contributed by atoms with Crippen LogP contribution in [0.2, 0.25) is 0 Å². The van der Waals surface area contributed by atoms with E-state index in [0.29, 0.717) is 12.2 Å². The third-order valence-electron chi connectivity index (χ3n) is 2.58. The average Bonchev–Trinajstić information content (AvgIpc) is 2.85. The van der Waals surface area contributed by atoms with E-state index in [4.69, 9.17) is 9.26 Å². The second-order valence-electron chi connectivity index (χ2n) is 4.79. The van der Waals surface area contributed by atoms with Gasteiger partial charge >= 0.3 is 5.97 Å². The number of amides is 1. The van der Waals surface area contributed by atoms with Crippen LogP contribution in [-0.2, 0) is 20.9 Å². The minimum atomic E-state index is -0.699. The van der Waals surface area contributed by atoms with Gasteiger partial charge in [0.25, 0.3) is 5.91 Å². The number of hydrogen-bond donors (Lipinski definition) is 1. The molecule has 20 heavy (non-hydrogen) atoms. The van der Waals surface area contributed by atoms with Gasteiger partial charge in [0, 0.05) is 13.2 Å². The minimum absolute atomic E-state index is 0.106. The summed E-state index contributed by atoms with van der Waals surface area (Å²) in [6, 6.07) is 0.776. The Balaban J connectivity index is 2.71. The molecule has 1 aromatic rings. The van der Waals surface area contributed by atoms with E-state index in [9.17, 15) is 9.59 Å². The van der Waals surface area contributed by atoms with Crippen molar-refractivity contribution >= 4 is 11.9 Å². The Morgan fingerprint density at radius 2 is 2.10 bits per heavy atom. The fraction of sp³-hybridized carbons (Fsp3) is 0.615. The molecule has 0 fully saturated rings. The van der Waals surface area contributed by atoms with Crippen LogP contribution in [0, 0.1) is 5.92 Å². The second-order valence-corrected chi connectivity index (χ2v) is 4.79. The molecule has 0 aliphatic rings. The molecular formula is C13H20N2O5. The lowest BCUT2D eigenvalue weighted by atomic mass is 10.0. The summed E-state index contributed by atoms with van der Waals surface area (Å²) in [5.41, 5.74) is 0.106. The van der Waals surface area contributed by atoms with Crippen LogP contribution in [0.25, 0.3) is 0 Å². The van der Waals surface area contributed by atoms with Crippen molar-refractivity contribution in [3.8, 4) is 0 Å². The van der Waals surface area contributed by atoms with Crippen molar-refractivity contribution in [2.45, 2.75) is 32.9 Å². The highest BCUT2D eigenvalue weighted by atomic mass is 16.5. The third kappa shape index (κ3) is 4.65. The van der Waals surface area contributed by atoms with E-state index in [1.165, 1.54) is 20.3 Å². The van der Waals surface area contributed by atoms with Crippen LogP contribution in [0.3, 0.4) is 0 Å². The topological polar surface area (TPSA) is 90.7 Å². The van der Waals surface area contributed by atoms with Gasteiger partial charge in [-0.05, 0) is 12.3 Å². The number of hydrogen-bond acceptors (Lipinski definition) is 6. The van der Waals surface area contributed by atoms with Gasteiger partial charge in [-0.25, -0.2) is 4.79 Å². The maximum Gasteiger partial charge on any atom is 0.328 e. The quantitative estimate of drug-likeness (QED) is 0.755. The number of rotatable bonds is 7. The van der Waals surface area contributed by atoms with E-state index in [2.05, 4.69) is 15.2 Å². The highest BCUT2D eigenvalue weighted by Gasteiger charge is 2.24. The third-order valence-corrected chi connectivity index (χ3v) is 2.58. The van der Waals surface area contributed by atoms with Gasteiger partial charge in [-0.3, -0.25) is 4.79 Å². The predicted molar refractivity (Wildman–Crippen MR) is 69.9 cm³/mol. The average molecular weight is 284 g/mol. The fourth-order valence-corrected chi connectivity index (χ4v) is 1.69. The molecule has 7 heteroatoms. The Kier molecular flexibility index (Phi) is 6.17. The summed E-state index contributed by atoms with van der Waals surface area (Å²) >= 11 is 0. The molecule has 1 rings (SSSR count). The maximum atomic E-state index is 12.0. The Morgan fingerprint density at radius 1 is 1.40 bits per heavy atom. The number of carbonyl (C=O) groups excluding carboxylic acids is 2. The maximum absolute atomic E-state index is 12.0. The Morgan fingerprint density at radius 3 is 2.65 bits per heavy atom. The largest absolute Gasteiger partial charge is 0.467 e. The summed E-state index contributed by atoms with van der Waals surface area (Å²) in [6.45, 7) is 4.14. The van der Waals surface area contributed by atoms with Crippen LogP contribution >= 0.6 is 0 Å². The van der Waals surface area contributed by atoms with Crippen molar-refractivity contribution in [1.29, 1.82) is 0 Å². The molecule has 1 atom stereocenters. The highest BCUT2D eigenvalue weighted by molar-refractivity contribution is 5.95. The molecule has 7 nitrogen and oxygen atoms in total. The van der Waals surface area contributed by atoms with Crippen LogP contribution in [0.15, 0.2) is 10.6 Å². The molecule has 1 unspecified atom stereocenters. The summed E-state index contributed by atoms with van der Waals surface area (Å²) in [5, 5.41) is 6.23. The lowest BCUT2D eigenvalue weighted by Crippen LogP contribution is -2.42. The first kappa shape index (κ1) is 16.2. The van der Waals surface area contributed by atoms with Crippen LogP contribution in [0.1, 0.15) is 36.5 Å². The first-order valence-corrected chi connectivity index (χ1v) is 6.31. The molecule has 112 valence electrons. The van der Waals surface area contributed by atoms with E-state index in [1.807, 2.05) is 13.8 Å². The van der Waals surface area contributed by atoms with Gasteiger partial charge in [0.2, 0.25) is 0 Å². The van der Waals surface area contributed by atoms with E-state index in [0.717, 1.165) is 0 Å². The van der Waals surface area contributed by atoms with E-state index >= 15 is 0 Å². The molecule has 1 aromatic heterocycles. The number of nitrogens with zero attached hydrogens (tertiary/aromatic N) is 1. The van der Waals surface area contributed by atoms with Crippen LogP contribution in [-0.4, -0.2) is 37.3 Å². The molecule has 1 heterocycles. The fourth-order valence-electron chi connectivity index (χ4n) is 1.69. The van der Waals surface area contributed by atoms with Crippen LogP contribution in [0.5, 0.6) is 0 Å². The zero-order valence-electron chi connectivity index (χ0n) is 12.1. The highest BCUT2D eigenvalue weighted by Crippen LogP contribution is 2.09. The summed E-state index contributed by atoms with van der Waals surface area (Å²) in [6.07, 6.45) is 0.487. The van der Waals surface area contributed by atoms with Crippen molar-refractivity contribution in [3.63, 3.8) is 0 Å². The van der Waals surface area contributed by atoms with Gasteiger partial charge in [0.05, 0.1) is 7.11 Å². The Labute approximate surface area is 117 Å². The number of aromatic nitrogens is 1. The summed E-state index contributed by atoms with van der Waals surface area (Å²) < 4.78 is 14.5. The SMILES string of the molecule is COCc1cc(C(=O)NC(CC(C)C)C(=O)OC)no1. The van der Waals surface area contributed by atoms with Crippen molar-refractivity contribution in [2.75, 3.05) is 14.2 Å². The van der Waals surface area contributed by atoms with Gasteiger partial charge in [0.15, 0.2) is 11.5 Å². The summed E-state index contributed by atoms with van der Waals surface area (Å²) in [5.74, 6) is -0.281. The molecule has 0 spiro atoms. The van der Waals surface area contributed by atoms with Gasteiger partial charge in [-0.1, -0.05) is 19.0 Å². The van der Waals surface area contributed by atoms with Crippen molar-refractivity contribution < 1.29 is 23.6 Å². The van der Waals surface area contributed by atoms with Crippen LogP contribution in [0.4, 0.5) is 0 Å². The van der Waals surface area contributed by atoms with Crippen molar-refractivity contribution in [2.24, 2.45) is 5.92 Å². The van der Waals surface area contributed by atoms with E-state index in [1.54, 1.807) is 0 Å². The first-order valence-electron chi connectivity index (χ1n) is 6.31. The Hall–Kier alpha value is -1.89. The van der Waals surface area contributed by atoms with Gasteiger partial charge in [-0.15, -0.1) is 0 Å². The van der Waals surface area contributed by atoms with Crippen molar-refractivity contribution in [1.82, 2.24) is 10.5 Å². The number of nitrogens with one attached hydrogen (secondary N) is 1. The molecule has 0 saturated carbocycles. The molecule has 0 saturated heterocycles. The zero-order chi connectivity index (χ0) is 15.1. The molecule has 1 amide bonds. The van der Waals surface area contributed by atoms with Gasteiger partial charge in [0.1, 0.15) is 12.6 Å². The summed E-state index contributed by atoms with van der Waals surface area (Å²) in [4.78, 5) is 23.6. The summed E-state index contributed by atoms with van der Waals surface area (Å²) in [7, 11) is 2.80. The van der Waals surface area contributed by atoms with Crippen LogP contribution < -0.4 is 5.32 Å². The smallest absolute Gasteiger partial charge is 0.328 e. The number of methoxy groups -OCH3 is 2. The molecule has 0 radical (unpaired) electrons. The molecule has 0 bridgehead atoms. The van der Waals surface area contributed by atoms with Crippen molar-refractivity contribution in [3.05, 3.63) is 17.5 Å². The second kappa shape index (κ2) is 7.64. The standard InChI is InChI=1S/C13H20N2O5/c1-8(2)5-11(13(17)19-4)14-12(16)10-6-9(7-18-3)20-15-10/h6,8,11H,5,7H2,1-4H3,(H,14,16). The number of ether oxygens (including phenoxy) is 2. The zero-order valence-corrected chi connectivity index (χ0v) is 12.1. The molecule has 1 N–H and O–H groups in total. The normalized spacial score (nSPS) is 12.2. The monoisotopic (exact) mass is 284 g/mol. The lowest BCUT2D eigenvalue weighted by molar-refractivity contribution is -0.143. The number of carbonyl (C=O) groups is 2. The minimum Gasteiger partial charge on any atom is -0.467 e. The van der Waals surface area contributed by atoms with E-state index in [-0.39, 0.29) is 18.2 Å². The Bertz CT molecular complexity index is 455. The molecule has 0 aliphatic heterocycles.